The Labute approximate surface area is 240 Å². The number of hydrogen-bond donors (Lipinski definition) is 0. The Balaban J connectivity index is 1.53. The van der Waals surface area contributed by atoms with E-state index >= 15 is 0 Å². The molecule has 0 N–H and O–H groups in total. The molecule has 3 aliphatic rings. The molecule has 0 saturated carbocycles. The first-order chi connectivity index (χ1) is 17.9. The third-order valence-corrected chi connectivity index (χ3v) is 10.1. The van der Waals surface area contributed by atoms with Crippen molar-refractivity contribution in [2.24, 2.45) is 0 Å². The summed E-state index contributed by atoms with van der Waals surface area (Å²) in [5.41, 5.74) is 0.0552. The summed E-state index contributed by atoms with van der Waals surface area (Å²) in [6.45, 7) is 14.6. The third-order valence-electron chi connectivity index (χ3n) is 7.28. The summed E-state index contributed by atoms with van der Waals surface area (Å²) in [6, 6.07) is 1.71. The minimum absolute atomic E-state index is 0.00408. The number of ether oxygens (including phenoxy) is 2. The molecule has 0 spiro atoms. The molecule has 0 unspecified atom stereocenters. The van der Waals surface area contributed by atoms with Crippen LogP contribution in [0.2, 0.25) is 5.02 Å². The van der Waals surface area contributed by atoms with Gasteiger partial charge in [0, 0.05) is 60.8 Å². The number of morpholine rings is 1. The quantitative estimate of drug-likeness (QED) is 0.487. The smallest absolute Gasteiger partial charge is 0.410 e. The van der Waals surface area contributed by atoms with Gasteiger partial charge < -0.3 is 19.3 Å². The zero-order valence-electron chi connectivity index (χ0n) is 22.5. The fraction of sp³-hybridized carbons (Fsp3) is 0.654. The van der Waals surface area contributed by atoms with E-state index in [2.05, 4.69) is 30.7 Å². The molecule has 4 heterocycles. The second-order valence-electron chi connectivity index (χ2n) is 11.3. The highest BCUT2D eigenvalue weighted by Crippen LogP contribution is 2.46. The lowest BCUT2D eigenvalue weighted by Gasteiger charge is -2.45. The van der Waals surface area contributed by atoms with Crippen molar-refractivity contribution < 1.29 is 14.3 Å². The van der Waals surface area contributed by atoms with E-state index < -0.39 is 5.60 Å². The summed E-state index contributed by atoms with van der Waals surface area (Å²) < 4.78 is 13.8. The topological polar surface area (TPSA) is 80.1 Å². The predicted molar refractivity (Wildman–Crippen MR) is 155 cm³/mol. The standard InChI is InChI=1S/C26H35BrClN5O4S/c1-15-12-32(25(35)37-26(3,4)5)16(2)11-31(15)23-18-10-19(28)20(27)22-21(18)33(24(34)29-23)17(14-38-22)13-30-6-8-36-9-7-30/h10,15-17H,6-9,11-14H2,1-5H3/t15-,16+,17-/m0/s1. The number of benzene rings is 1. The highest BCUT2D eigenvalue weighted by molar-refractivity contribution is 9.10. The number of aromatic nitrogens is 2. The highest BCUT2D eigenvalue weighted by atomic mass is 79.9. The minimum atomic E-state index is -0.566. The average molecular weight is 629 g/mol. The van der Waals surface area contributed by atoms with E-state index in [-0.39, 0.29) is 29.9 Å². The van der Waals surface area contributed by atoms with E-state index in [0.717, 1.165) is 45.7 Å². The average Bonchev–Trinajstić information content (AvgIpc) is 2.85. The first-order valence-corrected chi connectivity index (χ1v) is 15.2. The van der Waals surface area contributed by atoms with Crippen molar-refractivity contribution in [3.05, 3.63) is 26.0 Å². The van der Waals surface area contributed by atoms with Crippen LogP contribution in [-0.2, 0) is 9.47 Å². The fourth-order valence-corrected chi connectivity index (χ4v) is 7.56. The Morgan fingerprint density at radius 1 is 1.24 bits per heavy atom. The van der Waals surface area contributed by atoms with Gasteiger partial charge in [-0.3, -0.25) is 9.47 Å². The molecule has 1 aromatic carbocycles. The van der Waals surface area contributed by atoms with Crippen molar-refractivity contribution in [2.45, 2.75) is 63.2 Å². The Morgan fingerprint density at radius 3 is 2.63 bits per heavy atom. The SMILES string of the molecule is C[C@@H]1CN(c2nc(=O)n3c4c(c(Br)c(Cl)cc24)SC[C@@H]3CN2CCOCC2)[C@@H](C)CN1C(=O)OC(C)(C)C. The summed E-state index contributed by atoms with van der Waals surface area (Å²) in [5.74, 6) is 1.38. The number of anilines is 1. The van der Waals surface area contributed by atoms with Gasteiger partial charge in [0.15, 0.2) is 0 Å². The Hall–Kier alpha value is -1.53. The summed E-state index contributed by atoms with van der Waals surface area (Å²) in [5, 5.41) is 1.45. The molecule has 38 heavy (non-hydrogen) atoms. The summed E-state index contributed by atoms with van der Waals surface area (Å²) >= 11 is 12.1. The van der Waals surface area contributed by atoms with Gasteiger partial charge in [-0.25, -0.2) is 9.59 Å². The number of carbonyl (C=O) groups excluding carboxylic acids is 1. The van der Waals surface area contributed by atoms with Crippen LogP contribution in [0.25, 0.3) is 10.9 Å². The monoisotopic (exact) mass is 627 g/mol. The van der Waals surface area contributed by atoms with Crippen LogP contribution < -0.4 is 10.6 Å². The van der Waals surface area contributed by atoms with Crippen LogP contribution in [-0.4, -0.2) is 94.8 Å². The Morgan fingerprint density at radius 2 is 1.95 bits per heavy atom. The van der Waals surface area contributed by atoms with Crippen LogP contribution in [0.1, 0.15) is 40.7 Å². The van der Waals surface area contributed by atoms with Gasteiger partial charge >= 0.3 is 11.8 Å². The molecular weight excluding hydrogens is 594 g/mol. The van der Waals surface area contributed by atoms with Gasteiger partial charge in [0.2, 0.25) is 0 Å². The van der Waals surface area contributed by atoms with Crippen molar-refractivity contribution in [1.82, 2.24) is 19.4 Å². The van der Waals surface area contributed by atoms with E-state index in [0.29, 0.717) is 37.1 Å². The molecule has 3 aliphatic heterocycles. The van der Waals surface area contributed by atoms with Gasteiger partial charge in [0.25, 0.3) is 0 Å². The van der Waals surface area contributed by atoms with Gasteiger partial charge in [-0.1, -0.05) is 11.6 Å². The number of carbonyl (C=O) groups is 1. The minimum Gasteiger partial charge on any atom is -0.444 e. The van der Waals surface area contributed by atoms with E-state index in [4.69, 9.17) is 21.1 Å². The molecule has 2 aromatic rings. The first kappa shape index (κ1) is 28.0. The molecule has 1 amide bonds. The van der Waals surface area contributed by atoms with Gasteiger partial charge in [-0.15, -0.1) is 11.8 Å². The number of thioether (sulfide) groups is 1. The zero-order valence-corrected chi connectivity index (χ0v) is 25.7. The van der Waals surface area contributed by atoms with Crippen LogP contribution in [0.3, 0.4) is 0 Å². The van der Waals surface area contributed by atoms with Crippen molar-refractivity contribution >= 4 is 62.1 Å². The van der Waals surface area contributed by atoms with E-state index in [9.17, 15) is 9.59 Å². The van der Waals surface area contributed by atoms with Crippen molar-refractivity contribution in [1.29, 1.82) is 0 Å². The number of halogens is 2. The Kier molecular flexibility index (Phi) is 7.96. The van der Waals surface area contributed by atoms with Gasteiger partial charge in [0.05, 0.1) is 34.3 Å². The number of nitrogens with zero attached hydrogens (tertiary/aromatic N) is 5. The van der Waals surface area contributed by atoms with Crippen molar-refractivity contribution in [3.63, 3.8) is 0 Å². The highest BCUT2D eigenvalue weighted by Gasteiger charge is 2.37. The van der Waals surface area contributed by atoms with Crippen LogP contribution in [0.15, 0.2) is 20.2 Å². The maximum Gasteiger partial charge on any atom is 0.410 e. The molecule has 12 heteroatoms. The van der Waals surface area contributed by atoms with Gasteiger partial charge in [-0.2, -0.15) is 4.98 Å². The molecule has 2 fully saturated rings. The van der Waals surface area contributed by atoms with E-state index in [1.807, 2.05) is 45.3 Å². The van der Waals surface area contributed by atoms with Crippen molar-refractivity contribution in [2.75, 3.05) is 56.6 Å². The Bertz CT molecular complexity index is 1300. The molecule has 0 bridgehead atoms. The number of amides is 1. The van der Waals surface area contributed by atoms with Gasteiger partial charge in [-0.05, 0) is 56.6 Å². The molecule has 2 saturated heterocycles. The number of rotatable bonds is 3. The molecule has 0 aliphatic carbocycles. The molecular formula is C26H35BrClN5O4S. The fourth-order valence-electron chi connectivity index (χ4n) is 5.46. The van der Waals surface area contributed by atoms with Crippen LogP contribution in [0.4, 0.5) is 10.6 Å². The largest absolute Gasteiger partial charge is 0.444 e. The molecule has 5 rings (SSSR count). The lowest BCUT2D eigenvalue weighted by Crippen LogP contribution is -2.59. The summed E-state index contributed by atoms with van der Waals surface area (Å²) in [7, 11) is 0. The maximum absolute atomic E-state index is 13.7. The lowest BCUT2D eigenvalue weighted by atomic mass is 10.1. The molecule has 208 valence electrons. The predicted octanol–water partition coefficient (Wildman–Crippen LogP) is 4.63. The third kappa shape index (κ3) is 5.41. The molecule has 0 radical (unpaired) electrons. The first-order valence-electron chi connectivity index (χ1n) is 13.1. The molecule has 3 atom stereocenters. The normalized spacial score (nSPS) is 24.7. The molecule has 9 nitrogen and oxygen atoms in total. The summed E-state index contributed by atoms with van der Waals surface area (Å²) in [4.78, 5) is 38.5. The number of piperazine rings is 1. The number of hydrogen-bond acceptors (Lipinski definition) is 8. The van der Waals surface area contributed by atoms with Crippen molar-refractivity contribution in [3.8, 4) is 0 Å². The molecule has 1 aromatic heterocycles. The summed E-state index contributed by atoms with van der Waals surface area (Å²) in [6.07, 6.45) is -0.323. The van der Waals surface area contributed by atoms with Crippen LogP contribution >= 0.6 is 39.3 Å². The lowest BCUT2D eigenvalue weighted by molar-refractivity contribution is 0.0130. The van der Waals surface area contributed by atoms with E-state index in [1.54, 1.807) is 16.7 Å². The zero-order chi connectivity index (χ0) is 27.4. The second-order valence-corrected chi connectivity index (χ2v) is 13.6. The second kappa shape index (κ2) is 10.8. The maximum atomic E-state index is 13.7. The van der Waals surface area contributed by atoms with Gasteiger partial charge in [0.1, 0.15) is 11.4 Å². The van der Waals surface area contributed by atoms with E-state index in [1.165, 1.54) is 0 Å². The van der Waals surface area contributed by atoms with Crippen LogP contribution in [0, 0.1) is 0 Å². The van der Waals surface area contributed by atoms with Crippen LogP contribution in [0.5, 0.6) is 0 Å².